The van der Waals surface area contributed by atoms with Crippen molar-refractivity contribution in [1.82, 2.24) is 20.3 Å². The third-order valence-electron chi connectivity index (χ3n) is 3.78. The molecule has 1 N–H and O–H groups in total. The van der Waals surface area contributed by atoms with Crippen LogP contribution in [0, 0.1) is 0 Å². The standard InChI is InChI=1S/C15H21N5/c1-2-5-15(6-3-1)19-11-7-14(13-19)16-8-4-10-20-12-9-17-18-20/h1-3,5-6,9,12,14,16H,4,7-8,10-11,13H2. The number of hydrogen-bond donors (Lipinski definition) is 1. The van der Waals surface area contributed by atoms with E-state index < -0.39 is 0 Å². The highest BCUT2D eigenvalue weighted by Crippen LogP contribution is 2.19. The minimum Gasteiger partial charge on any atom is -0.370 e. The summed E-state index contributed by atoms with van der Waals surface area (Å²) in [5.74, 6) is 0. The van der Waals surface area contributed by atoms with Gasteiger partial charge in [-0.25, -0.2) is 0 Å². The van der Waals surface area contributed by atoms with Gasteiger partial charge in [0.25, 0.3) is 0 Å². The maximum Gasteiger partial charge on any atom is 0.0692 e. The van der Waals surface area contributed by atoms with Gasteiger partial charge in [0.1, 0.15) is 0 Å². The number of aromatic nitrogens is 3. The second-order valence-corrected chi connectivity index (χ2v) is 5.24. The third-order valence-corrected chi connectivity index (χ3v) is 3.78. The van der Waals surface area contributed by atoms with E-state index in [0.29, 0.717) is 6.04 Å². The maximum atomic E-state index is 3.97. The van der Waals surface area contributed by atoms with Gasteiger partial charge in [-0.05, 0) is 31.5 Å². The zero-order valence-electron chi connectivity index (χ0n) is 11.7. The van der Waals surface area contributed by atoms with Crippen LogP contribution in [0.5, 0.6) is 0 Å². The first kappa shape index (κ1) is 13.1. The molecule has 0 saturated carbocycles. The van der Waals surface area contributed by atoms with Gasteiger partial charge in [0, 0.05) is 37.6 Å². The second kappa shape index (κ2) is 6.52. The topological polar surface area (TPSA) is 46.0 Å². The average Bonchev–Trinajstić information content (AvgIpc) is 3.16. The highest BCUT2D eigenvalue weighted by Gasteiger charge is 2.21. The Morgan fingerprint density at radius 3 is 2.95 bits per heavy atom. The summed E-state index contributed by atoms with van der Waals surface area (Å²) in [5.41, 5.74) is 1.33. The molecule has 2 heterocycles. The Morgan fingerprint density at radius 2 is 2.15 bits per heavy atom. The van der Waals surface area contributed by atoms with Crippen molar-refractivity contribution in [3.05, 3.63) is 42.7 Å². The van der Waals surface area contributed by atoms with E-state index >= 15 is 0 Å². The fourth-order valence-corrected chi connectivity index (χ4v) is 2.70. The summed E-state index contributed by atoms with van der Waals surface area (Å²) < 4.78 is 1.88. The predicted octanol–water partition coefficient (Wildman–Crippen LogP) is 1.54. The highest BCUT2D eigenvalue weighted by atomic mass is 15.4. The van der Waals surface area contributed by atoms with Crippen LogP contribution >= 0.6 is 0 Å². The zero-order valence-corrected chi connectivity index (χ0v) is 11.7. The molecule has 1 aromatic heterocycles. The minimum absolute atomic E-state index is 0.603. The molecule has 1 atom stereocenters. The summed E-state index contributed by atoms with van der Waals surface area (Å²) in [6.07, 6.45) is 5.94. The Balaban J connectivity index is 1.38. The van der Waals surface area contributed by atoms with Crippen LogP contribution in [0.15, 0.2) is 42.7 Å². The van der Waals surface area contributed by atoms with Gasteiger partial charge in [-0.3, -0.25) is 4.68 Å². The van der Waals surface area contributed by atoms with E-state index in [2.05, 4.69) is 50.9 Å². The van der Waals surface area contributed by atoms with Gasteiger partial charge in [0.05, 0.1) is 6.20 Å². The number of anilines is 1. The number of aryl methyl sites for hydroxylation is 1. The summed E-state index contributed by atoms with van der Waals surface area (Å²) in [6.45, 7) is 4.22. The first-order valence-corrected chi connectivity index (χ1v) is 7.29. The number of nitrogens with one attached hydrogen (secondary N) is 1. The smallest absolute Gasteiger partial charge is 0.0692 e. The zero-order chi connectivity index (χ0) is 13.6. The molecule has 20 heavy (non-hydrogen) atoms. The van der Waals surface area contributed by atoms with Gasteiger partial charge in [-0.2, -0.15) is 0 Å². The third kappa shape index (κ3) is 3.36. The van der Waals surface area contributed by atoms with Crippen molar-refractivity contribution in [1.29, 1.82) is 0 Å². The molecule has 0 amide bonds. The minimum atomic E-state index is 0.603. The first-order chi connectivity index (χ1) is 9.92. The first-order valence-electron chi connectivity index (χ1n) is 7.29. The Labute approximate surface area is 119 Å². The van der Waals surface area contributed by atoms with Crippen LogP contribution in [0.4, 0.5) is 5.69 Å². The lowest BCUT2D eigenvalue weighted by molar-refractivity contribution is 0.491. The van der Waals surface area contributed by atoms with Crippen molar-refractivity contribution in [2.45, 2.75) is 25.4 Å². The molecule has 1 fully saturated rings. The number of benzene rings is 1. The maximum absolute atomic E-state index is 3.97. The van der Waals surface area contributed by atoms with Crippen molar-refractivity contribution in [2.75, 3.05) is 24.5 Å². The molecule has 1 saturated heterocycles. The Morgan fingerprint density at radius 1 is 1.25 bits per heavy atom. The van der Waals surface area contributed by atoms with Crippen LogP contribution in [0.1, 0.15) is 12.8 Å². The van der Waals surface area contributed by atoms with E-state index in [-0.39, 0.29) is 0 Å². The monoisotopic (exact) mass is 271 g/mol. The normalized spacial score (nSPS) is 18.6. The van der Waals surface area contributed by atoms with Gasteiger partial charge in [0.2, 0.25) is 0 Å². The quantitative estimate of drug-likeness (QED) is 0.810. The van der Waals surface area contributed by atoms with Gasteiger partial charge >= 0.3 is 0 Å². The lowest BCUT2D eigenvalue weighted by Crippen LogP contribution is -2.33. The van der Waals surface area contributed by atoms with E-state index in [1.807, 2.05) is 10.9 Å². The Hall–Kier alpha value is -1.88. The second-order valence-electron chi connectivity index (χ2n) is 5.24. The van der Waals surface area contributed by atoms with Crippen molar-refractivity contribution >= 4 is 5.69 Å². The molecular formula is C15H21N5. The van der Waals surface area contributed by atoms with Gasteiger partial charge in [-0.1, -0.05) is 23.4 Å². The molecule has 106 valence electrons. The van der Waals surface area contributed by atoms with Crippen molar-refractivity contribution in [3.63, 3.8) is 0 Å². The van der Waals surface area contributed by atoms with Gasteiger partial charge in [-0.15, -0.1) is 5.10 Å². The number of hydrogen-bond acceptors (Lipinski definition) is 4. The van der Waals surface area contributed by atoms with Crippen LogP contribution in [0.3, 0.4) is 0 Å². The van der Waals surface area contributed by atoms with E-state index in [0.717, 1.165) is 32.6 Å². The molecule has 0 bridgehead atoms. The lowest BCUT2D eigenvalue weighted by atomic mass is 10.2. The molecule has 5 heteroatoms. The molecular weight excluding hydrogens is 250 g/mol. The fourth-order valence-electron chi connectivity index (χ4n) is 2.70. The van der Waals surface area contributed by atoms with Gasteiger partial charge < -0.3 is 10.2 Å². The predicted molar refractivity (Wildman–Crippen MR) is 79.7 cm³/mol. The average molecular weight is 271 g/mol. The molecule has 0 aliphatic carbocycles. The molecule has 3 rings (SSSR count). The molecule has 1 aliphatic heterocycles. The Bertz CT molecular complexity index is 496. The van der Waals surface area contributed by atoms with E-state index in [1.165, 1.54) is 12.1 Å². The molecule has 1 aliphatic rings. The summed E-state index contributed by atoms with van der Waals surface area (Å²) in [6, 6.07) is 11.3. The van der Waals surface area contributed by atoms with E-state index in [1.54, 1.807) is 6.20 Å². The number of rotatable bonds is 6. The van der Waals surface area contributed by atoms with Crippen LogP contribution in [0.2, 0.25) is 0 Å². The molecule has 0 spiro atoms. The van der Waals surface area contributed by atoms with Crippen molar-refractivity contribution < 1.29 is 0 Å². The Kier molecular flexibility index (Phi) is 4.28. The molecule has 1 aromatic carbocycles. The number of para-hydroxylation sites is 1. The van der Waals surface area contributed by atoms with Crippen LogP contribution < -0.4 is 10.2 Å². The highest BCUT2D eigenvalue weighted by molar-refractivity contribution is 5.47. The summed E-state index contributed by atoms with van der Waals surface area (Å²) in [4.78, 5) is 2.45. The van der Waals surface area contributed by atoms with Crippen molar-refractivity contribution in [2.24, 2.45) is 0 Å². The summed E-state index contributed by atoms with van der Waals surface area (Å²) in [5, 5.41) is 11.4. The molecule has 0 radical (unpaired) electrons. The lowest BCUT2D eigenvalue weighted by Gasteiger charge is -2.19. The van der Waals surface area contributed by atoms with Gasteiger partial charge in [0.15, 0.2) is 0 Å². The number of nitrogens with zero attached hydrogens (tertiary/aromatic N) is 4. The largest absolute Gasteiger partial charge is 0.370 e. The molecule has 5 nitrogen and oxygen atoms in total. The fraction of sp³-hybridized carbons (Fsp3) is 0.467. The molecule has 1 unspecified atom stereocenters. The molecule has 2 aromatic rings. The van der Waals surface area contributed by atoms with Crippen LogP contribution in [-0.2, 0) is 6.54 Å². The van der Waals surface area contributed by atoms with E-state index in [9.17, 15) is 0 Å². The summed E-state index contributed by atoms with van der Waals surface area (Å²) in [7, 11) is 0. The van der Waals surface area contributed by atoms with Crippen molar-refractivity contribution in [3.8, 4) is 0 Å². The van der Waals surface area contributed by atoms with E-state index in [4.69, 9.17) is 0 Å². The SMILES string of the molecule is c1ccc(N2CCC(NCCCn3ccnn3)C2)cc1. The summed E-state index contributed by atoms with van der Waals surface area (Å²) >= 11 is 0. The van der Waals surface area contributed by atoms with Crippen LogP contribution in [-0.4, -0.2) is 40.7 Å². The van der Waals surface area contributed by atoms with Crippen LogP contribution in [0.25, 0.3) is 0 Å².